The maximum Gasteiger partial charge on any atom is 0.305 e. The number of carbonyl (C=O) groups excluding carboxylic acids is 1. The van der Waals surface area contributed by atoms with Gasteiger partial charge in [-0.2, -0.15) is 0 Å². The zero-order valence-corrected chi connectivity index (χ0v) is 16.9. The molecular weight excluding hydrogens is 394 g/mol. The summed E-state index contributed by atoms with van der Waals surface area (Å²) < 4.78 is 5.88. The molecule has 2 N–H and O–H groups in total. The minimum atomic E-state index is -0.905. The molecule has 0 bridgehead atoms. The van der Waals surface area contributed by atoms with Gasteiger partial charge in [0.15, 0.2) is 10.9 Å². The number of hydrogen-bond donors (Lipinski definition) is 2. The summed E-state index contributed by atoms with van der Waals surface area (Å²) in [5.41, 5.74) is 1.18. The summed E-state index contributed by atoms with van der Waals surface area (Å²) in [6, 6.07) is 7.35. The highest BCUT2D eigenvalue weighted by molar-refractivity contribution is 7.80. The van der Waals surface area contributed by atoms with Crippen LogP contribution in [0, 0.1) is 0 Å². The Balaban J connectivity index is 1.92. The first-order chi connectivity index (χ1) is 14.0. The van der Waals surface area contributed by atoms with Crippen LogP contribution < -0.4 is 9.64 Å². The number of aliphatic carboxylic acids is 1. The van der Waals surface area contributed by atoms with Crippen LogP contribution in [0.2, 0.25) is 0 Å². The molecule has 0 radical (unpaired) electrons. The van der Waals surface area contributed by atoms with Crippen molar-refractivity contribution in [3.8, 4) is 5.75 Å². The van der Waals surface area contributed by atoms with E-state index >= 15 is 0 Å². The SMILES string of the molecule is CCCN1C(=S)N(CCO)C(=O)C1=CC=C1Oc2ccccc2N1CCC(=O)O. The standard InChI is InChI=1S/C20H23N3O5S/c1-2-10-22-15(19(27)23(12-13-24)20(22)29)7-8-17-21(11-9-18(25)26)14-5-3-4-6-16(14)28-17/h3-8,24H,2,9-13H2,1H3,(H,25,26). The molecule has 2 aliphatic rings. The predicted molar refractivity (Wildman–Crippen MR) is 111 cm³/mol. The Morgan fingerprint density at radius 3 is 2.59 bits per heavy atom. The molecule has 0 unspecified atom stereocenters. The number of carbonyl (C=O) groups is 2. The quantitative estimate of drug-likeness (QED) is 0.490. The van der Waals surface area contributed by atoms with Crippen LogP contribution in [-0.4, -0.2) is 63.2 Å². The molecule has 3 rings (SSSR count). The van der Waals surface area contributed by atoms with Crippen LogP contribution in [0.5, 0.6) is 5.75 Å². The number of para-hydroxylation sites is 2. The number of fused-ring (bicyclic) bond motifs is 1. The van der Waals surface area contributed by atoms with E-state index in [1.54, 1.807) is 28.0 Å². The average molecular weight is 417 g/mol. The number of nitrogens with zero attached hydrogens (tertiary/aromatic N) is 3. The van der Waals surface area contributed by atoms with E-state index < -0.39 is 5.97 Å². The Kier molecular flexibility index (Phi) is 6.50. The van der Waals surface area contributed by atoms with Crippen molar-refractivity contribution in [1.82, 2.24) is 9.80 Å². The van der Waals surface area contributed by atoms with Crippen molar-refractivity contribution in [1.29, 1.82) is 0 Å². The van der Waals surface area contributed by atoms with E-state index in [1.165, 1.54) is 4.90 Å². The van der Waals surface area contributed by atoms with Gasteiger partial charge in [0, 0.05) is 19.2 Å². The molecular formula is C20H23N3O5S. The fourth-order valence-electron chi connectivity index (χ4n) is 3.25. The number of anilines is 1. The molecule has 1 aromatic carbocycles. The second-order valence-corrected chi connectivity index (χ2v) is 6.90. The first kappa shape index (κ1) is 20.8. The Hall–Kier alpha value is -2.91. The molecule has 0 spiro atoms. The number of thiocarbonyl (C=S) groups is 1. The summed E-state index contributed by atoms with van der Waals surface area (Å²) in [7, 11) is 0. The van der Waals surface area contributed by atoms with E-state index in [-0.39, 0.29) is 32.0 Å². The van der Waals surface area contributed by atoms with Gasteiger partial charge < -0.3 is 24.7 Å². The van der Waals surface area contributed by atoms with E-state index in [4.69, 9.17) is 22.1 Å². The highest BCUT2D eigenvalue weighted by atomic mass is 32.1. The van der Waals surface area contributed by atoms with E-state index in [0.29, 0.717) is 29.0 Å². The lowest BCUT2D eigenvalue weighted by Gasteiger charge is -2.19. The molecule has 154 valence electrons. The molecule has 0 saturated carbocycles. The highest BCUT2D eigenvalue weighted by Crippen LogP contribution is 2.38. The number of carboxylic acids is 1. The van der Waals surface area contributed by atoms with Crippen molar-refractivity contribution in [3.05, 3.63) is 48.0 Å². The lowest BCUT2D eigenvalue weighted by molar-refractivity contribution is -0.136. The maximum absolute atomic E-state index is 12.8. The van der Waals surface area contributed by atoms with E-state index in [1.807, 2.05) is 25.1 Å². The van der Waals surface area contributed by atoms with Crippen LogP contribution in [0.4, 0.5) is 5.69 Å². The Morgan fingerprint density at radius 2 is 1.90 bits per heavy atom. The maximum atomic E-state index is 12.8. The average Bonchev–Trinajstić information content (AvgIpc) is 3.16. The second-order valence-electron chi connectivity index (χ2n) is 6.54. The van der Waals surface area contributed by atoms with Gasteiger partial charge in [-0.3, -0.25) is 14.5 Å². The summed E-state index contributed by atoms with van der Waals surface area (Å²) in [4.78, 5) is 28.7. The number of aliphatic hydroxyl groups is 1. The summed E-state index contributed by atoms with van der Waals surface area (Å²) >= 11 is 5.40. The number of carboxylic acid groups (broad SMARTS) is 1. The Labute approximate surface area is 174 Å². The first-order valence-electron chi connectivity index (χ1n) is 9.40. The third-order valence-corrected chi connectivity index (χ3v) is 5.00. The molecule has 2 heterocycles. The zero-order chi connectivity index (χ0) is 21.0. The fraction of sp³-hybridized carbons (Fsp3) is 0.350. The molecule has 29 heavy (non-hydrogen) atoms. The molecule has 0 aromatic heterocycles. The Morgan fingerprint density at radius 1 is 1.14 bits per heavy atom. The topological polar surface area (TPSA) is 93.6 Å². The number of ether oxygens (including phenoxy) is 1. The number of aliphatic hydroxyl groups excluding tert-OH is 1. The number of rotatable bonds is 8. The van der Waals surface area contributed by atoms with Gasteiger partial charge in [0.2, 0.25) is 5.88 Å². The molecule has 0 atom stereocenters. The van der Waals surface area contributed by atoms with E-state index in [0.717, 1.165) is 12.1 Å². The molecule has 9 heteroatoms. The van der Waals surface area contributed by atoms with Gasteiger partial charge in [-0.05, 0) is 36.8 Å². The van der Waals surface area contributed by atoms with Crippen molar-refractivity contribution in [3.63, 3.8) is 0 Å². The highest BCUT2D eigenvalue weighted by Gasteiger charge is 2.37. The molecule has 1 amide bonds. The smallest absolute Gasteiger partial charge is 0.305 e. The van der Waals surface area contributed by atoms with Crippen LogP contribution in [0.1, 0.15) is 19.8 Å². The molecule has 1 aromatic rings. The van der Waals surface area contributed by atoms with Crippen LogP contribution in [-0.2, 0) is 9.59 Å². The van der Waals surface area contributed by atoms with Crippen LogP contribution in [0.3, 0.4) is 0 Å². The summed E-state index contributed by atoms with van der Waals surface area (Å²) in [6.07, 6.45) is 4.03. The molecule has 1 saturated heterocycles. The van der Waals surface area contributed by atoms with Crippen molar-refractivity contribution in [2.24, 2.45) is 0 Å². The lowest BCUT2D eigenvalue weighted by atomic mass is 10.2. The third kappa shape index (κ3) is 4.25. The zero-order valence-electron chi connectivity index (χ0n) is 16.1. The molecule has 0 aliphatic carbocycles. The van der Waals surface area contributed by atoms with Gasteiger partial charge in [-0.15, -0.1) is 0 Å². The van der Waals surface area contributed by atoms with E-state index in [9.17, 15) is 14.7 Å². The molecule has 8 nitrogen and oxygen atoms in total. The summed E-state index contributed by atoms with van der Waals surface area (Å²) in [5.74, 6) is -0.113. The summed E-state index contributed by atoms with van der Waals surface area (Å²) in [6.45, 7) is 2.76. The minimum Gasteiger partial charge on any atom is -0.481 e. The molecule has 2 aliphatic heterocycles. The second kappa shape index (κ2) is 9.06. The number of β-amino-alcohol motifs (C(OH)–C–C–N with tert-alkyl or cyclic N) is 1. The largest absolute Gasteiger partial charge is 0.481 e. The normalized spacial score (nSPS) is 18.8. The predicted octanol–water partition coefficient (Wildman–Crippen LogP) is 1.92. The third-order valence-electron chi connectivity index (χ3n) is 4.56. The number of allylic oxidation sites excluding steroid dienone is 2. The van der Waals surface area contributed by atoms with Crippen molar-refractivity contribution in [2.45, 2.75) is 19.8 Å². The van der Waals surface area contributed by atoms with Crippen LogP contribution >= 0.6 is 12.2 Å². The van der Waals surface area contributed by atoms with Gasteiger partial charge in [0.05, 0.1) is 25.3 Å². The van der Waals surface area contributed by atoms with Crippen molar-refractivity contribution < 1.29 is 24.5 Å². The van der Waals surface area contributed by atoms with Crippen LogP contribution in [0.15, 0.2) is 48.0 Å². The van der Waals surface area contributed by atoms with E-state index in [2.05, 4.69) is 0 Å². The van der Waals surface area contributed by atoms with Gasteiger partial charge >= 0.3 is 5.97 Å². The number of benzene rings is 1. The fourth-order valence-corrected chi connectivity index (χ4v) is 3.62. The molecule has 1 fully saturated rings. The van der Waals surface area contributed by atoms with Gasteiger partial charge in [-0.1, -0.05) is 19.1 Å². The Bertz CT molecular complexity index is 883. The number of amides is 1. The lowest BCUT2D eigenvalue weighted by Crippen LogP contribution is -2.35. The minimum absolute atomic E-state index is 0.0547. The van der Waals surface area contributed by atoms with Gasteiger partial charge in [-0.25, -0.2) is 0 Å². The summed E-state index contributed by atoms with van der Waals surface area (Å²) in [5, 5.41) is 18.7. The van der Waals surface area contributed by atoms with Crippen molar-refractivity contribution in [2.75, 3.05) is 31.1 Å². The van der Waals surface area contributed by atoms with Crippen LogP contribution in [0.25, 0.3) is 0 Å². The van der Waals surface area contributed by atoms with Gasteiger partial charge in [0.1, 0.15) is 5.70 Å². The first-order valence-corrected chi connectivity index (χ1v) is 9.81. The number of hydrogen-bond acceptors (Lipinski definition) is 6. The van der Waals surface area contributed by atoms with Gasteiger partial charge in [0.25, 0.3) is 5.91 Å². The van der Waals surface area contributed by atoms with Crippen molar-refractivity contribution >= 4 is 34.9 Å². The monoisotopic (exact) mass is 417 g/mol.